The summed E-state index contributed by atoms with van der Waals surface area (Å²) < 4.78 is 27.2. The number of sulfonamides is 1. The lowest BCUT2D eigenvalue weighted by Gasteiger charge is -2.29. The van der Waals surface area contributed by atoms with Crippen molar-refractivity contribution >= 4 is 16.2 Å². The molecule has 6 heteroatoms. The summed E-state index contributed by atoms with van der Waals surface area (Å²) in [5, 5.41) is 11.6. The molecule has 1 aromatic carbocycles. The molecule has 0 radical (unpaired) electrons. The Morgan fingerprint density at radius 3 is 2.50 bits per heavy atom. The molecule has 1 unspecified atom stereocenters. The molecule has 5 nitrogen and oxygen atoms in total. The molecule has 0 spiro atoms. The molecule has 1 atom stereocenters. The van der Waals surface area contributed by atoms with Gasteiger partial charge in [-0.3, -0.25) is 0 Å². The second-order valence-corrected chi connectivity index (χ2v) is 7.04. The molecular formula is C16H24N2O3S. The van der Waals surface area contributed by atoms with Gasteiger partial charge in [-0.1, -0.05) is 37.1 Å². The molecule has 1 aromatic rings. The minimum Gasteiger partial charge on any atom is -0.411 e. The third kappa shape index (κ3) is 4.68. The maximum absolute atomic E-state index is 12.9. The maximum Gasteiger partial charge on any atom is 0.243 e. The van der Waals surface area contributed by atoms with E-state index in [-0.39, 0.29) is 17.5 Å². The summed E-state index contributed by atoms with van der Waals surface area (Å²) in [6, 6.07) is 6.54. The predicted molar refractivity (Wildman–Crippen MR) is 88.9 cm³/mol. The molecule has 0 aliphatic heterocycles. The summed E-state index contributed by atoms with van der Waals surface area (Å²) in [6.07, 6.45) is 5.04. The van der Waals surface area contributed by atoms with E-state index in [4.69, 9.17) is 5.21 Å². The van der Waals surface area contributed by atoms with E-state index < -0.39 is 10.0 Å². The minimum atomic E-state index is -3.65. The first kappa shape index (κ1) is 18.4. The molecule has 1 rings (SSSR count). The van der Waals surface area contributed by atoms with E-state index >= 15 is 0 Å². The minimum absolute atomic E-state index is 0.0330. The van der Waals surface area contributed by atoms with Crippen LogP contribution in [0.2, 0.25) is 0 Å². The predicted octanol–water partition coefficient (Wildman–Crippen LogP) is 3.19. The molecule has 0 saturated carbocycles. The zero-order valence-corrected chi connectivity index (χ0v) is 14.0. The Labute approximate surface area is 133 Å². The van der Waals surface area contributed by atoms with Crippen LogP contribution in [0, 0.1) is 6.92 Å². The van der Waals surface area contributed by atoms with Crippen molar-refractivity contribution in [2.45, 2.75) is 44.0 Å². The Hall–Kier alpha value is -1.66. The average molecular weight is 324 g/mol. The molecule has 0 amide bonds. The maximum atomic E-state index is 12.9. The highest BCUT2D eigenvalue weighted by Crippen LogP contribution is 2.22. The van der Waals surface area contributed by atoms with Crippen LogP contribution in [0.4, 0.5) is 0 Å². The quantitative estimate of drug-likeness (QED) is 0.328. The highest BCUT2D eigenvalue weighted by molar-refractivity contribution is 7.89. The fourth-order valence-corrected chi connectivity index (χ4v) is 3.91. The number of rotatable bonds is 9. The Bertz CT molecular complexity index is 594. The van der Waals surface area contributed by atoms with E-state index in [1.165, 1.54) is 10.5 Å². The lowest BCUT2D eigenvalue weighted by Crippen LogP contribution is -2.41. The zero-order chi connectivity index (χ0) is 16.6. The Morgan fingerprint density at radius 1 is 1.36 bits per heavy atom. The lowest BCUT2D eigenvalue weighted by atomic mass is 10.1. The number of benzene rings is 1. The molecule has 0 heterocycles. The van der Waals surface area contributed by atoms with E-state index in [1.54, 1.807) is 30.3 Å². The number of nitrogens with zero attached hydrogens (tertiary/aromatic N) is 2. The van der Waals surface area contributed by atoms with Gasteiger partial charge in [-0.25, -0.2) is 8.42 Å². The molecule has 0 bridgehead atoms. The molecule has 0 aromatic heterocycles. The number of oxime groups is 1. The molecule has 1 N–H and O–H groups in total. The summed E-state index contributed by atoms with van der Waals surface area (Å²) in [5.41, 5.74) is 0.999. The normalized spacial score (nSPS) is 13.6. The van der Waals surface area contributed by atoms with Crippen molar-refractivity contribution < 1.29 is 13.6 Å². The second kappa shape index (κ2) is 8.70. The van der Waals surface area contributed by atoms with Crippen LogP contribution in [0.5, 0.6) is 0 Å². The molecule has 22 heavy (non-hydrogen) atoms. The smallest absolute Gasteiger partial charge is 0.243 e. The summed E-state index contributed by atoms with van der Waals surface area (Å²) >= 11 is 0. The van der Waals surface area contributed by atoms with Gasteiger partial charge < -0.3 is 5.21 Å². The molecule has 0 aliphatic carbocycles. The zero-order valence-electron chi connectivity index (χ0n) is 13.1. The molecule has 122 valence electrons. The Balaban J connectivity index is 3.22. The third-order valence-corrected chi connectivity index (χ3v) is 5.37. The van der Waals surface area contributed by atoms with Crippen LogP contribution in [0.25, 0.3) is 0 Å². The third-order valence-electron chi connectivity index (χ3n) is 3.44. The highest BCUT2D eigenvalue weighted by atomic mass is 32.2. The molecule has 0 fully saturated rings. The van der Waals surface area contributed by atoms with E-state index in [2.05, 4.69) is 11.7 Å². The average Bonchev–Trinajstić information content (AvgIpc) is 2.48. The van der Waals surface area contributed by atoms with Crippen molar-refractivity contribution in [3.05, 3.63) is 42.5 Å². The lowest BCUT2D eigenvalue weighted by molar-refractivity contribution is 0.309. The van der Waals surface area contributed by atoms with Crippen LogP contribution < -0.4 is 0 Å². The van der Waals surface area contributed by atoms with Crippen molar-refractivity contribution in [3.8, 4) is 0 Å². The van der Waals surface area contributed by atoms with Crippen LogP contribution in [0.1, 0.15) is 31.7 Å². The van der Waals surface area contributed by atoms with Crippen molar-refractivity contribution in [2.75, 3.05) is 6.54 Å². The first-order chi connectivity index (χ1) is 10.5. The number of aryl methyl sites for hydroxylation is 1. The standard InChI is InChI=1S/C16H24N2O3S/c1-4-6-15(7-5-2)18(13-12-17-19)22(20,21)16-10-8-14(3)9-11-16/h4,8-12,15,19H,1,5-7,13H2,2-3H3/b17-12+. The second-order valence-electron chi connectivity index (χ2n) is 5.15. The van der Waals surface area contributed by atoms with Crippen LogP contribution in [0.15, 0.2) is 47.0 Å². The summed E-state index contributed by atoms with van der Waals surface area (Å²) in [4.78, 5) is 0.245. The van der Waals surface area contributed by atoms with Crippen LogP contribution in [-0.2, 0) is 10.0 Å². The van der Waals surface area contributed by atoms with Gasteiger partial charge >= 0.3 is 0 Å². The number of hydrogen-bond acceptors (Lipinski definition) is 4. The van der Waals surface area contributed by atoms with E-state index in [0.717, 1.165) is 18.4 Å². The van der Waals surface area contributed by atoms with Crippen molar-refractivity contribution in [3.63, 3.8) is 0 Å². The first-order valence-electron chi connectivity index (χ1n) is 7.32. The van der Waals surface area contributed by atoms with Gasteiger partial charge in [-0.05, 0) is 31.9 Å². The van der Waals surface area contributed by atoms with Crippen molar-refractivity contribution in [1.29, 1.82) is 0 Å². The van der Waals surface area contributed by atoms with Crippen molar-refractivity contribution in [2.24, 2.45) is 5.16 Å². The summed E-state index contributed by atoms with van der Waals surface area (Å²) in [7, 11) is -3.65. The first-order valence-corrected chi connectivity index (χ1v) is 8.76. The van der Waals surface area contributed by atoms with E-state index in [0.29, 0.717) is 6.42 Å². The topological polar surface area (TPSA) is 70.0 Å². The van der Waals surface area contributed by atoms with E-state index in [1.807, 2.05) is 13.8 Å². The summed E-state index contributed by atoms with van der Waals surface area (Å²) in [6.45, 7) is 7.65. The Morgan fingerprint density at radius 2 is 2.00 bits per heavy atom. The Kier molecular flexibility index (Phi) is 7.27. The number of hydrogen-bond donors (Lipinski definition) is 1. The van der Waals surface area contributed by atoms with Gasteiger partial charge in [0.05, 0.1) is 17.7 Å². The van der Waals surface area contributed by atoms with Gasteiger partial charge in [0.1, 0.15) is 0 Å². The van der Waals surface area contributed by atoms with Gasteiger partial charge in [-0.15, -0.1) is 11.7 Å². The van der Waals surface area contributed by atoms with Gasteiger partial charge in [0.2, 0.25) is 10.0 Å². The van der Waals surface area contributed by atoms with Crippen molar-refractivity contribution in [1.82, 2.24) is 4.31 Å². The van der Waals surface area contributed by atoms with Gasteiger partial charge in [-0.2, -0.15) is 4.31 Å². The molecule has 0 saturated heterocycles. The highest BCUT2D eigenvalue weighted by Gasteiger charge is 2.29. The van der Waals surface area contributed by atoms with E-state index in [9.17, 15) is 8.42 Å². The van der Waals surface area contributed by atoms with Gasteiger partial charge in [0.25, 0.3) is 0 Å². The van der Waals surface area contributed by atoms with Crippen LogP contribution in [0.3, 0.4) is 0 Å². The fraction of sp³-hybridized carbons (Fsp3) is 0.438. The van der Waals surface area contributed by atoms with Crippen LogP contribution in [-0.4, -0.2) is 36.7 Å². The van der Waals surface area contributed by atoms with Gasteiger partial charge in [0, 0.05) is 6.04 Å². The molecule has 0 aliphatic rings. The van der Waals surface area contributed by atoms with Crippen LogP contribution >= 0.6 is 0 Å². The monoisotopic (exact) mass is 324 g/mol. The fourth-order valence-electron chi connectivity index (χ4n) is 2.31. The molecular weight excluding hydrogens is 300 g/mol. The SMILES string of the molecule is C=CCC(CCC)N(C/C=N/O)S(=O)(=O)c1ccc(C)cc1. The van der Waals surface area contributed by atoms with Gasteiger partial charge in [0.15, 0.2) is 0 Å². The largest absolute Gasteiger partial charge is 0.411 e. The summed E-state index contributed by atoms with van der Waals surface area (Å²) in [5.74, 6) is 0.